The Morgan fingerprint density at radius 2 is 2.31 bits per heavy atom. The molecule has 0 atom stereocenters. The van der Waals surface area contributed by atoms with Crippen molar-refractivity contribution < 1.29 is 9.90 Å². The number of rotatable bonds is 2. The molecule has 1 N–H and O–H groups in total. The molecule has 0 aliphatic rings. The monoisotopic (exact) mass is 287 g/mol. The fourth-order valence-electron chi connectivity index (χ4n) is 1.00. The van der Waals surface area contributed by atoms with Gasteiger partial charge in [0, 0.05) is 3.57 Å². The fraction of sp³-hybridized carbons (Fsp3) is 0.111. The molecule has 0 amide bonds. The first-order valence-corrected chi connectivity index (χ1v) is 4.61. The van der Waals surface area contributed by atoms with Gasteiger partial charge in [0.05, 0.1) is 18.1 Å². The predicted octanol–water partition coefficient (Wildman–Crippen LogP) is 2.06. The van der Waals surface area contributed by atoms with Crippen molar-refractivity contribution in [3.63, 3.8) is 0 Å². The molecule has 1 aromatic rings. The molecule has 0 radical (unpaired) electrons. The molecule has 0 bridgehead atoms. The van der Waals surface area contributed by atoms with E-state index in [0.717, 1.165) is 3.57 Å². The van der Waals surface area contributed by atoms with Crippen LogP contribution in [0.25, 0.3) is 0 Å². The molecular formula is C9H6INO2. The van der Waals surface area contributed by atoms with E-state index < -0.39 is 5.97 Å². The van der Waals surface area contributed by atoms with Gasteiger partial charge in [-0.3, -0.25) is 0 Å². The summed E-state index contributed by atoms with van der Waals surface area (Å²) in [6.07, 6.45) is 0.137. The van der Waals surface area contributed by atoms with Crippen LogP contribution in [-0.2, 0) is 6.42 Å². The Morgan fingerprint density at radius 3 is 2.85 bits per heavy atom. The third-order valence-electron chi connectivity index (χ3n) is 1.57. The largest absolute Gasteiger partial charge is 0.478 e. The summed E-state index contributed by atoms with van der Waals surface area (Å²) in [5.41, 5.74) is 0.781. The van der Waals surface area contributed by atoms with Gasteiger partial charge in [-0.25, -0.2) is 4.79 Å². The normalized spacial score (nSPS) is 9.23. The second kappa shape index (κ2) is 4.23. The van der Waals surface area contributed by atoms with Crippen LogP contribution in [0.4, 0.5) is 0 Å². The van der Waals surface area contributed by atoms with Crippen LogP contribution in [0.3, 0.4) is 0 Å². The number of hydrogen-bond acceptors (Lipinski definition) is 2. The molecular weight excluding hydrogens is 281 g/mol. The van der Waals surface area contributed by atoms with E-state index in [9.17, 15) is 4.79 Å². The van der Waals surface area contributed by atoms with Crippen molar-refractivity contribution in [2.75, 3.05) is 0 Å². The van der Waals surface area contributed by atoms with Gasteiger partial charge >= 0.3 is 5.97 Å². The summed E-state index contributed by atoms with van der Waals surface area (Å²) < 4.78 is 0.938. The molecule has 13 heavy (non-hydrogen) atoms. The van der Waals surface area contributed by atoms with Gasteiger partial charge in [-0.15, -0.1) is 0 Å². The van der Waals surface area contributed by atoms with Gasteiger partial charge < -0.3 is 5.11 Å². The van der Waals surface area contributed by atoms with Crippen LogP contribution >= 0.6 is 22.6 Å². The minimum Gasteiger partial charge on any atom is -0.478 e. The van der Waals surface area contributed by atoms with Gasteiger partial charge in [-0.2, -0.15) is 5.26 Å². The number of nitriles is 1. The zero-order valence-corrected chi connectivity index (χ0v) is 8.78. The molecule has 0 unspecified atom stereocenters. The smallest absolute Gasteiger partial charge is 0.335 e. The number of halogens is 1. The lowest BCUT2D eigenvalue weighted by Gasteiger charge is -2.01. The van der Waals surface area contributed by atoms with Gasteiger partial charge in [0.2, 0.25) is 0 Å². The molecule has 0 aromatic heterocycles. The maximum Gasteiger partial charge on any atom is 0.335 e. The Labute approximate surface area is 89.1 Å². The minimum atomic E-state index is -0.985. The maximum absolute atomic E-state index is 10.7. The highest BCUT2D eigenvalue weighted by molar-refractivity contribution is 14.1. The number of nitrogens with zero attached hydrogens (tertiary/aromatic N) is 1. The minimum absolute atomic E-state index is 0.137. The molecule has 0 spiro atoms. The van der Waals surface area contributed by atoms with E-state index in [1.54, 1.807) is 12.1 Å². The number of aromatic carboxylic acids is 1. The summed E-state index contributed by atoms with van der Waals surface area (Å²) in [6.45, 7) is 0. The molecule has 1 rings (SSSR count). The third kappa shape index (κ3) is 2.42. The zero-order chi connectivity index (χ0) is 9.84. The van der Waals surface area contributed by atoms with Crippen LogP contribution in [0.1, 0.15) is 15.9 Å². The van der Waals surface area contributed by atoms with Crippen molar-refractivity contribution in [2.45, 2.75) is 6.42 Å². The lowest BCUT2D eigenvalue weighted by molar-refractivity contribution is 0.0696. The van der Waals surface area contributed by atoms with Crippen molar-refractivity contribution >= 4 is 28.6 Å². The number of benzene rings is 1. The topological polar surface area (TPSA) is 61.1 Å². The van der Waals surface area contributed by atoms with Crippen LogP contribution in [-0.4, -0.2) is 11.1 Å². The quantitative estimate of drug-likeness (QED) is 0.847. The van der Waals surface area contributed by atoms with E-state index in [4.69, 9.17) is 10.4 Å². The zero-order valence-electron chi connectivity index (χ0n) is 6.62. The lowest BCUT2D eigenvalue weighted by Crippen LogP contribution is -2.02. The Balaban J connectivity index is 3.20. The fourth-order valence-corrected chi connectivity index (χ4v) is 1.56. The summed E-state index contributed by atoms with van der Waals surface area (Å²) in [5, 5.41) is 17.2. The highest BCUT2D eigenvalue weighted by Crippen LogP contribution is 2.14. The SMILES string of the molecule is N#CCc1cc(I)ccc1C(=O)O. The lowest BCUT2D eigenvalue weighted by atomic mass is 10.1. The Kier molecular flexibility index (Phi) is 3.25. The van der Waals surface area contributed by atoms with Gasteiger partial charge in [0.1, 0.15) is 0 Å². The van der Waals surface area contributed by atoms with E-state index in [-0.39, 0.29) is 12.0 Å². The first-order chi connectivity index (χ1) is 6.15. The molecule has 66 valence electrons. The molecule has 0 saturated carbocycles. The molecule has 1 aromatic carbocycles. The second-order valence-electron chi connectivity index (χ2n) is 2.44. The summed E-state index contributed by atoms with van der Waals surface area (Å²) in [6, 6.07) is 6.89. The van der Waals surface area contributed by atoms with Crippen LogP contribution < -0.4 is 0 Å². The van der Waals surface area contributed by atoms with Crippen LogP contribution in [0.2, 0.25) is 0 Å². The summed E-state index contributed by atoms with van der Waals surface area (Å²) in [4.78, 5) is 10.7. The van der Waals surface area contributed by atoms with E-state index >= 15 is 0 Å². The number of carboxylic acids is 1. The molecule has 0 fully saturated rings. The van der Waals surface area contributed by atoms with Crippen molar-refractivity contribution in [1.82, 2.24) is 0 Å². The highest BCUT2D eigenvalue weighted by atomic mass is 127. The number of hydrogen-bond donors (Lipinski definition) is 1. The van der Waals surface area contributed by atoms with Crippen molar-refractivity contribution in [3.8, 4) is 6.07 Å². The first-order valence-electron chi connectivity index (χ1n) is 3.54. The Bertz CT molecular complexity index is 382. The van der Waals surface area contributed by atoms with Gasteiger partial charge in [0.15, 0.2) is 0 Å². The molecule has 0 saturated heterocycles. The Morgan fingerprint density at radius 1 is 1.62 bits per heavy atom. The van der Waals surface area contributed by atoms with Gasteiger partial charge in [-0.05, 0) is 46.4 Å². The molecule has 4 heteroatoms. The van der Waals surface area contributed by atoms with Crippen LogP contribution in [0.15, 0.2) is 18.2 Å². The second-order valence-corrected chi connectivity index (χ2v) is 3.69. The van der Waals surface area contributed by atoms with Gasteiger partial charge in [0.25, 0.3) is 0 Å². The van der Waals surface area contributed by atoms with E-state index in [1.165, 1.54) is 6.07 Å². The molecule has 3 nitrogen and oxygen atoms in total. The van der Waals surface area contributed by atoms with E-state index in [0.29, 0.717) is 5.56 Å². The number of carboxylic acid groups (broad SMARTS) is 1. The summed E-state index contributed by atoms with van der Waals surface area (Å²) in [5.74, 6) is -0.985. The summed E-state index contributed by atoms with van der Waals surface area (Å²) in [7, 11) is 0. The molecule has 0 aliphatic heterocycles. The van der Waals surface area contributed by atoms with Crippen LogP contribution in [0.5, 0.6) is 0 Å². The molecule has 0 aliphatic carbocycles. The highest BCUT2D eigenvalue weighted by Gasteiger charge is 2.09. The van der Waals surface area contributed by atoms with Crippen LogP contribution in [0, 0.1) is 14.9 Å². The molecule has 0 heterocycles. The number of carbonyl (C=O) groups is 1. The van der Waals surface area contributed by atoms with Crippen molar-refractivity contribution in [1.29, 1.82) is 5.26 Å². The van der Waals surface area contributed by atoms with Crippen molar-refractivity contribution in [3.05, 3.63) is 32.9 Å². The summed E-state index contributed by atoms with van der Waals surface area (Å²) >= 11 is 2.08. The van der Waals surface area contributed by atoms with E-state index in [2.05, 4.69) is 22.6 Å². The average Bonchev–Trinajstić information content (AvgIpc) is 2.04. The third-order valence-corrected chi connectivity index (χ3v) is 2.24. The standard InChI is InChI=1S/C9H6INO2/c10-7-1-2-8(9(12)13)6(5-7)3-4-11/h1-2,5H,3H2,(H,12,13). The maximum atomic E-state index is 10.7. The first kappa shape index (κ1) is 9.99. The van der Waals surface area contributed by atoms with E-state index in [1.807, 2.05) is 6.07 Å². The Hall–Kier alpha value is -1.09. The van der Waals surface area contributed by atoms with Crippen molar-refractivity contribution in [2.24, 2.45) is 0 Å². The predicted molar refractivity (Wildman–Crippen MR) is 55.4 cm³/mol. The van der Waals surface area contributed by atoms with Gasteiger partial charge in [-0.1, -0.05) is 0 Å². The average molecular weight is 287 g/mol.